The van der Waals surface area contributed by atoms with Crippen LogP contribution in [0.1, 0.15) is 43.6 Å². The standard InChI is InChI=1S/C19H14ClN3O2S/c20-13-5-3-11(4-6-13)18(25)23-19-21-10-14-15(22-19)8-12(9-16(14)24)17-2-1-7-26-17/h1-7,10,12H,8-9H2,(H,21,22,23,25)/t12-/m0/s1. The minimum atomic E-state index is -0.321. The van der Waals surface area contributed by atoms with Crippen LogP contribution in [0, 0.1) is 0 Å². The van der Waals surface area contributed by atoms with Crippen molar-refractivity contribution in [3.8, 4) is 0 Å². The first kappa shape index (κ1) is 16.9. The summed E-state index contributed by atoms with van der Waals surface area (Å²) in [6.45, 7) is 0. The zero-order valence-electron chi connectivity index (χ0n) is 13.6. The molecule has 1 N–H and O–H groups in total. The van der Waals surface area contributed by atoms with Crippen LogP contribution in [0.25, 0.3) is 0 Å². The number of carbonyl (C=O) groups excluding carboxylic acids is 2. The highest BCUT2D eigenvalue weighted by molar-refractivity contribution is 7.10. The Morgan fingerprint density at radius 1 is 1.19 bits per heavy atom. The number of fused-ring (bicyclic) bond motifs is 1. The molecule has 0 unspecified atom stereocenters. The number of hydrogen-bond acceptors (Lipinski definition) is 5. The number of carbonyl (C=O) groups is 2. The first-order valence-corrected chi connectivity index (χ1v) is 9.35. The van der Waals surface area contributed by atoms with Crippen LogP contribution in [0.3, 0.4) is 0 Å². The summed E-state index contributed by atoms with van der Waals surface area (Å²) in [5, 5.41) is 5.25. The summed E-state index contributed by atoms with van der Waals surface area (Å²) < 4.78 is 0. The topological polar surface area (TPSA) is 72.0 Å². The highest BCUT2D eigenvalue weighted by Crippen LogP contribution is 2.34. The Balaban J connectivity index is 1.56. The van der Waals surface area contributed by atoms with E-state index in [1.54, 1.807) is 35.6 Å². The van der Waals surface area contributed by atoms with Gasteiger partial charge in [0.1, 0.15) is 0 Å². The highest BCUT2D eigenvalue weighted by Gasteiger charge is 2.28. The smallest absolute Gasteiger partial charge is 0.258 e. The fraction of sp³-hybridized carbons (Fsp3) is 0.158. The van der Waals surface area contributed by atoms with Crippen LogP contribution in [0.15, 0.2) is 48.0 Å². The minimum Gasteiger partial charge on any atom is -0.294 e. The largest absolute Gasteiger partial charge is 0.294 e. The first-order valence-electron chi connectivity index (χ1n) is 8.09. The number of benzene rings is 1. The normalized spacial score (nSPS) is 16.2. The molecule has 1 aliphatic carbocycles. The van der Waals surface area contributed by atoms with Crippen molar-refractivity contribution in [2.45, 2.75) is 18.8 Å². The van der Waals surface area contributed by atoms with Crippen LogP contribution in [-0.4, -0.2) is 21.7 Å². The summed E-state index contributed by atoms with van der Waals surface area (Å²) >= 11 is 7.48. The molecule has 2 aromatic heterocycles. The van der Waals surface area contributed by atoms with Gasteiger partial charge in [-0.05, 0) is 42.1 Å². The number of anilines is 1. The maximum atomic E-state index is 12.4. The Hall–Kier alpha value is -2.57. The van der Waals surface area contributed by atoms with E-state index in [4.69, 9.17) is 11.6 Å². The lowest BCUT2D eigenvalue weighted by Crippen LogP contribution is -2.22. The molecule has 0 spiro atoms. The van der Waals surface area contributed by atoms with Gasteiger partial charge in [-0.3, -0.25) is 14.9 Å². The number of Topliss-reactive ketones (excluding diaryl/α,β-unsaturated/α-hetero) is 1. The molecule has 130 valence electrons. The van der Waals surface area contributed by atoms with E-state index in [1.807, 2.05) is 17.5 Å². The number of amides is 1. The molecule has 0 saturated heterocycles. The van der Waals surface area contributed by atoms with Crippen LogP contribution in [-0.2, 0) is 6.42 Å². The number of rotatable bonds is 3. The van der Waals surface area contributed by atoms with Crippen molar-refractivity contribution >= 4 is 40.6 Å². The van der Waals surface area contributed by atoms with Crippen LogP contribution in [0.5, 0.6) is 0 Å². The third-order valence-corrected chi connectivity index (χ3v) is 5.60. The monoisotopic (exact) mass is 383 g/mol. The summed E-state index contributed by atoms with van der Waals surface area (Å²) in [5.74, 6) is 0.0480. The molecular weight excluding hydrogens is 370 g/mol. The van der Waals surface area contributed by atoms with E-state index >= 15 is 0 Å². The van der Waals surface area contributed by atoms with Crippen LogP contribution in [0.4, 0.5) is 5.95 Å². The van der Waals surface area contributed by atoms with Gasteiger partial charge in [0.25, 0.3) is 5.91 Å². The van der Waals surface area contributed by atoms with E-state index in [9.17, 15) is 9.59 Å². The molecule has 5 nitrogen and oxygen atoms in total. The molecule has 0 bridgehead atoms. The van der Waals surface area contributed by atoms with Gasteiger partial charge in [0.15, 0.2) is 5.78 Å². The quantitative estimate of drug-likeness (QED) is 0.729. The number of nitrogens with zero attached hydrogens (tertiary/aromatic N) is 2. The molecular formula is C19H14ClN3O2S. The lowest BCUT2D eigenvalue weighted by Gasteiger charge is -2.22. The van der Waals surface area contributed by atoms with Gasteiger partial charge in [-0.2, -0.15) is 0 Å². The lowest BCUT2D eigenvalue weighted by molar-refractivity contribution is 0.0963. The van der Waals surface area contributed by atoms with Crippen molar-refractivity contribution in [2.24, 2.45) is 0 Å². The molecule has 26 heavy (non-hydrogen) atoms. The number of thiophene rings is 1. The molecule has 7 heteroatoms. The summed E-state index contributed by atoms with van der Waals surface area (Å²) in [6, 6.07) is 10.6. The van der Waals surface area contributed by atoms with Gasteiger partial charge in [-0.1, -0.05) is 17.7 Å². The van der Waals surface area contributed by atoms with E-state index in [2.05, 4.69) is 15.3 Å². The molecule has 1 aliphatic rings. The van der Waals surface area contributed by atoms with E-state index in [-0.39, 0.29) is 23.6 Å². The van der Waals surface area contributed by atoms with Crippen LogP contribution >= 0.6 is 22.9 Å². The maximum absolute atomic E-state index is 12.4. The second-order valence-electron chi connectivity index (χ2n) is 6.06. The van der Waals surface area contributed by atoms with Gasteiger partial charge in [-0.15, -0.1) is 11.3 Å². The molecule has 0 radical (unpaired) electrons. The molecule has 3 aromatic rings. The number of nitrogens with one attached hydrogen (secondary N) is 1. The van der Waals surface area contributed by atoms with Crippen molar-refractivity contribution in [3.05, 3.63) is 74.7 Å². The third-order valence-electron chi connectivity index (χ3n) is 4.32. The molecule has 1 aromatic carbocycles. The fourth-order valence-corrected chi connectivity index (χ4v) is 3.96. The van der Waals surface area contributed by atoms with Gasteiger partial charge >= 0.3 is 0 Å². The summed E-state index contributed by atoms with van der Waals surface area (Å²) in [7, 11) is 0. The molecule has 0 fully saturated rings. The average Bonchev–Trinajstić information content (AvgIpc) is 3.16. The SMILES string of the molecule is O=C(Nc1ncc2c(n1)C[C@H](c1cccs1)CC2=O)c1ccc(Cl)cc1. The van der Waals surface area contributed by atoms with Crippen molar-refractivity contribution in [3.63, 3.8) is 0 Å². The zero-order chi connectivity index (χ0) is 18.1. The van der Waals surface area contributed by atoms with Gasteiger partial charge in [0.2, 0.25) is 5.95 Å². The number of aromatic nitrogens is 2. The lowest BCUT2D eigenvalue weighted by atomic mass is 9.86. The molecule has 1 atom stereocenters. The Morgan fingerprint density at radius 2 is 2.00 bits per heavy atom. The van der Waals surface area contributed by atoms with Crippen molar-refractivity contribution in [1.29, 1.82) is 0 Å². The second kappa shape index (κ2) is 6.97. The van der Waals surface area contributed by atoms with E-state index < -0.39 is 0 Å². The Kier molecular flexibility index (Phi) is 4.53. The Labute approximate surface area is 159 Å². The van der Waals surface area contributed by atoms with Gasteiger partial charge in [0, 0.05) is 34.0 Å². The van der Waals surface area contributed by atoms with Crippen LogP contribution in [0.2, 0.25) is 5.02 Å². The third kappa shape index (κ3) is 3.38. The average molecular weight is 384 g/mol. The number of halogens is 1. The second-order valence-corrected chi connectivity index (χ2v) is 7.47. The number of ketones is 1. The van der Waals surface area contributed by atoms with Gasteiger partial charge in [0.05, 0.1) is 11.3 Å². The Morgan fingerprint density at radius 3 is 2.73 bits per heavy atom. The molecule has 0 saturated carbocycles. The van der Waals surface area contributed by atoms with E-state index in [0.29, 0.717) is 34.7 Å². The summed E-state index contributed by atoms with van der Waals surface area (Å²) in [6.07, 6.45) is 2.63. The van der Waals surface area contributed by atoms with Crippen LogP contribution < -0.4 is 5.32 Å². The van der Waals surface area contributed by atoms with Gasteiger partial charge < -0.3 is 0 Å². The van der Waals surface area contributed by atoms with E-state index in [1.165, 1.54) is 11.1 Å². The summed E-state index contributed by atoms with van der Waals surface area (Å²) in [5.41, 5.74) is 1.69. The molecule has 4 rings (SSSR count). The van der Waals surface area contributed by atoms with Crippen molar-refractivity contribution in [1.82, 2.24) is 9.97 Å². The van der Waals surface area contributed by atoms with E-state index in [0.717, 1.165) is 0 Å². The minimum absolute atomic E-state index is 0.0419. The summed E-state index contributed by atoms with van der Waals surface area (Å²) in [4.78, 5) is 34.4. The Bertz CT molecular complexity index is 971. The van der Waals surface area contributed by atoms with Gasteiger partial charge in [-0.25, -0.2) is 9.97 Å². The fourth-order valence-electron chi connectivity index (χ4n) is 3.00. The number of hydrogen-bond donors (Lipinski definition) is 1. The molecule has 1 amide bonds. The predicted molar refractivity (Wildman–Crippen MR) is 101 cm³/mol. The highest BCUT2D eigenvalue weighted by atomic mass is 35.5. The predicted octanol–water partition coefficient (Wildman–Crippen LogP) is 4.36. The first-order chi connectivity index (χ1) is 12.6. The van der Waals surface area contributed by atoms with Crippen molar-refractivity contribution in [2.75, 3.05) is 5.32 Å². The van der Waals surface area contributed by atoms with Crippen molar-refractivity contribution < 1.29 is 9.59 Å². The molecule has 0 aliphatic heterocycles. The maximum Gasteiger partial charge on any atom is 0.258 e. The molecule has 2 heterocycles. The zero-order valence-corrected chi connectivity index (χ0v) is 15.2.